The number of aromatic hydroxyl groups is 1. The Balaban J connectivity index is 2.33. The Kier molecular flexibility index (Phi) is 4.15. The largest absolute Gasteiger partial charge is 0.508 e. The van der Waals surface area contributed by atoms with Crippen molar-refractivity contribution in [2.24, 2.45) is 0 Å². The van der Waals surface area contributed by atoms with Crippen LogP contribution >= 0.6 is 0 Å². The van der Waals surface area contributed by atoms with Gasteiger partial charge in [0, 0.05) is 19.2 Å². The summed E-state index contributed by atoms with van der Waals surface area (Å²) in [7, 11) is -2.51. The van der Waals surface area contributed by atoms with Crippen molar-refractivity contribution in [3.05, 3.63) is 53.8 Å². The number of sulfonamides is 1. The number of benzene rings is 2. The normalized spacial score (nSPS) is 11.8. The van der Waals surface area contributed by atoms with Crippen LogP contribution in [0.15, 0.2) is 47.4 Å². The molecule has 0 aliphatic carbocycles. The number of halogens is 1. The van der Waals surface area contributed by atoms with E-state index in [2.05, 4.69) is 0 Å². The van der Waals surface area contributed by atoms with Gasteiger partial charge in [-0.25, -0.2) is 12.8 Å². The summed E-state index contributed by atoms with van der Waals surface area (Å²) in [6.45, 7) is -0.0220. The predicted molar refractivity (Wildman–Crippen MR) is 77.6 cm³/mol. The van der Waals surface area contributed by atoms with Crippen LogP contribution in [0.25, 0.3) is 0 Å². The van der Waals surface area contributed by atoms with Crippen LogP contribution in [0, 0.1) is 5.82 Å². The minimum Gasteiger partial charge on any atom is -0.508 e. The Hall–Kier alpha value is -2.12. The molecule has 2 rings (SSSR count). The van der Waals surface area contributed by atoms with Crippen molar-refractivity contribution in [2.45, 2.75) is 11.4 Å². The van der Waals surface area contributed by atoms with E-state index in [0.29, 0.717) is 5.56 Å². The summed E-state index contributed by atoms with van der Waals surface area (Å²) < 4.78 is 38.9. The van der Waals surface area contributed by atoms with E-state index in [1.807, 2.05) is 0 Å². The molecular weight excluding hydrogens is 295 g/mol. The molecule has 0 heterocycles. The van der Waals surface area contributed by atoms with Crippen LogP contribution in [-0.4, -0.2) is 24.9 Å². The summed E-state index contributed by atoms with van der Waals surface area (Å²) in [5, 5.41) is 9.69. The first kappa shape index (κ1) is 15.3. The number of phenols is 1. The zero-order chi connectivity index (χ0) is 15.6. The van der Waals surface area contributed by atoms with Gasteiger partial charge in [-0.3, -0.25) is 0 Å². The van der Waals surface area contributed by atoms with Gasteiger partial charge in [-0.15, -0.1) is 0 Å². The van der Waals surface area contributed by atoms with Crippen LogP contribution in [0.1, 0.15) is 5.56 Å². The maximum Gasteiger partial charge on any atom is 0.245 e. The van der Waals surface area contributed by atoms with Crippen LogP contribution in [-0.2, 0) is 16.6 Å². The molecule has 0 fully saturated rings. The molecular formula is C14H15FN2O3S. The van der Waals surface area contributed by atoms with Gasteiger partial charge in [0.2, 0.25) is 10.0 Å². The topological polar surface area (TPSA) is 83.6 Å². The summed E-state index contributed by atoms with van der Waals surface area (Å²) in [4.78, 5) is -0.165. The number of nitrogens with zero attached hydrogens (tertiary/aromatic N) is 1. The second-order valence-corrected chi connectivity index (χ2v) is 6.59. The van der Waals surface area contributed by atoms with Gasteiger partial charge in [0.1, 0.15) is 16.5 Å². The number of phenolic OH excluding ortho intramolecular Hbond substituents is 1. The predicted octanol–water partition coefficient (Wildman–Crippen LogP) is 1.93. The average molecular weight is 310 g/mol. The molecule has 0 atom stereocenters. The Morgan fingerprint density at radius 1 is 1.24 bits per heavy atom. The van der Waals surface area contributed by atoms with Crippen LogP contribution in [0.3, 0.4) is 0 Å². The monoisotopic (exact) mass is 310 g/mol. The van der Waals surface area contributed by atoms with Crippen molar-refractivity contribution in [1.29, 1.82) is 0 Å². The van der Waals surface area contributed by atoms with E-state index < -0.39 is 15.8 Å². The van der Waals surface area contributed by atoms with Crippen molar-refractivity contribution in [1.82, 2.24) is 4.31 Å². The van der Waals surface area contributed by atoms with Crippen molar-refractivity contribution >= 4 is 15.7 Å². The molecule has 0 saturated carbocycles. The molecule has 0 amide bonds. The Morgan fingerprint density at radius 2 is 1.90 bits per heavy atom. The molecule has 0 bridgehead atoms. The summed E-state index contributed by atoms with van der Waals surface area (Å²) in [6, 6.07) is 9.56. The molecule has 0 aliphatic heterocycles. The smallest absolute Gasteiger partial charge is 0.245 e. The minimum atomic E-state index is -3.87. The van der Waals surface area contributed by atoms with Crippen molar-refractivity contribution in [3.8, 4) is 5.75 Å². The fraction of sp³-hybridized carbons (Fsp3) is 0.143. The zero-order valence-electron chi connectivity index (χ0n) is 11.3. The minimum absolute atomic E-state index is 0.00614. The first-order valence-corrected chi connectivity index (χ1v) is 7.54. The molecule has 0 spiro atoms. The summed E-state index contributed by atoms with van der Waals surface area (Å²) in [6.07, 6.45) is 0. The van der Waals surface area contributed by atoms with Crippen LogP contribution < -0.4 is 5.73 Å². The fourth-order valence-electron chi connectivity index (χ4n) is 1.89. The van der Waals surface area contributed by atoms with E-state index in [0.717, 1.165) is 22.5 Å². The van der Waals surface area contributed by atoms with E-state index in [1.54, 1.807) is 18.2 Å². The van der Waals surface area contributed by atoms with Crippen LogP contribution in [0.4, 0.5) is 10.1 Å². The summed E-state index contributed by atoms with van der Waals surface area (Å²) >= 11 is 0. The highest BCUT2D eigenvalue weighted by Crippen LogP contribution is 2.25. The summed E-state index contributed by atoms with van der Waals surface area (Å²) in [5.74, 6) is -0.596. The number of hydrogen-bond acceptors (Lipinski definition) is 4. The number of rotatable bonds is 4. The highest BCUT2D eigenvalue weighted by Gasteiger charge is 2.24. The molecule has 7 heteroatoms. The maximum atomic E-state index is 13.0. The van der Waals surface area contributed by atoms with E-state index in [-0.39, 0.29) is 22.9 Å². The lowest BCUT2D eigenvalue weighted by Gasteiger charge is -2.19. The number of nitrogens with two attached hydrogens (primary N) is 1. The third kappa shape index (κ3) is 3.14. The van der Waals surface area contributed by atoms with Gasteiger partial charge < -0.3 is 10.8 Å². The fourth-order valence-corrected chi connectivity index (χ4v) is 3.13. The molecule has 0 aliphatic rings. The van der Waals surface area contributed by atoms with Gasteiger partial charge in [-0.05, 0) is 24.3 Å². The van der Waals surface area contributed by atoms with Crippen LogP contribution in [0.5, 0.6) is 5.75 Å². The lowest BCUT2D eigenvalue weighted by molar-refractivity contribution is 0.436. The molecule has 0 unspecified atom stereocenters. The number of nitrogen functional groups attached to an aromatic ring is 1. The molecule has 21 heavy (non-hydrogen) atoms. The second-order valence-electron chi connectivity index (χ2n) is 4.57. The number of para-hydroxylation sites is 1. The zero-order valence-corrected chi connectivity index (χ0v) is 12.1. The highest BCUT2D eigenvalue weighted by molar-refractivity contribution is 7.89. The Bertz CT molecular complexity index is 763. The molecule has 0 radical (unpaired) electrons. The third-order valence-electron chi connectivity index (χ3n) is 3.04. The van der Waals surface area contributed by atoms with E-state index in [1.165, 1.54) is 13.1 Å². The average Bonchev–Trinajstić information content (AvgIpc) is 2.40. The maximum absolute atomic E-state index is 13.0. The third-order valence-corrected chi connectivity index (χ3v) is 4.92. The first-order chi connectivity index (χ1) is 9.82. The highest BCUT2D eigenvalue weighted by atomic mass is 32.2. The second kappa shape index (κ2) is 5.71. The molecule has 2 aromatic carbocycles. The molecule has 3 N–H and O–H groups in total. The lowest BCUT2D eigenvalue weighted by Crippen LogP contribution is -2.27. The number of anilines is 1. The van der Waals surface area contributed by atoms with Crippen LogP contribution in [0.2, 0.25) is 0 Å². The van der Waals surface area contributed by atoms with Gasteiger partial charge in [-0.2, -0.15) is 4.31 Å². The molecule has 0 saturated heterocycles. The quantitative estimate of drug-likeness (QED) is 0.845. The van der Waals surface area contributed by atoms with Crippen molar-refractivity contribution in [2.75, 3.05) is 12.8 Å². The van der Waals surface area contributed by atoms with Gasteiger partial charge in [0.15, 0.2) is 0 Å². The first-order valence-electron chi connectivity index (χ1n) is 6.10. The molecule has 0 aromatic heterocycles. The van der Waals surface area contributed by atoms with E-state index >= 15 is 0 Å². The van der Waals surface area contributed by atoms with E-state index in [9.17, 15) is 17.9 Å². The molecule has 112 valence electrons. The van der Waals surface area contributed by atoms with Gasteiger partial charge in [-0.1, -0.05) is 18.2 Å². The van der Waals surface area contributed by atoms with Gasteiger partial charge >= 0.3 is 0 Å². The van der Waals surface area contributed by atoms with Gasteiger partial charge in [0.25, 0.3) is 0 Å². The standard InChI is InChI=1S/C14H15FN2O3S/c1-17(9-10-4-2-3-5-13(10)18)21(19,20)14-7-6-11(15)8-12(14)16/h2-8,18H,9,16H2,1H3. The van der Waals surface area contributed by atoms with E-state index in [4.69, 9.17) is 5.73 Å². The molecule has 2 aromatic rings. The lowest BCUT2D eigenvalue weighted by atomic mass is 10.2. The summed E-state index contributed by atoms with van der Waals surface area (Å²) in [5.41, 5.74) is 5.88. The van der Waals surface area contributed by atoms with Crippen molar-refractivity contribution < 1.29 is 17.9 Å². The molecule has 5 nitrogen and oxygen atoms in total. The SMILES string of the molecule is CN(Cc1ccccc1O)S(=O)(=O)c1ccc(F)cc1N. The van der Waals surface area contributed by atoms with Crippen molar-refractivity contribution in [3.63, 3.8) is 0 Å². The Morgan fingerprint density at radius 3 is 2.52 bits per heavy atom. The van der Waals surface area contributed by atoms with Gasteiger partial charge in [0.05, 0.1) is 5.69 Å². The number of hydrogen-bond donors (Lipinski definition) is 2. The Labute approximate surface area is 122 Å².